The fraction of sp³-hybridized carbons (Fsp3) is 0.500. The van der Waals surface area contributed by atoms with Crippen molar-refractivity contribution in [3.05, 3.63) is 33.9 Å². The number of hydrogen-bond donors (Lipinski definition) is 0. The highest BCUT2D eigenvalue weighted by atomic mass is 16.7. The number of methoxy groups -OCH3 is 2. The van der Waals surface area contributed by atoms with E-state index in [0.29, 0.717) is 0 Å². The molecule has 0 bridgehead atoms. The van der Waals surface area contributed by atoms with Crippen LogP contribution in [-0.2, 0) is 15.9 Å². The Morgan fingerprint density at radius 3 is 2.50 bits per heavy atom. The van der Waals surface area contributed by atoms with Gasteiger partial charge in [-0.15, -0.1) is 0 Å². The molecule has 0 aliphatic heterocycles. The molecule has 6 nitrogen and oxygen atoms in total. The Morgan fingerprint density at radius 1 is 1.33 bits per heavy atom. The molecule has 1 aromatic rings. The molecular formula is C12H17NO5. The maximum absolute atomic E-state index is 10.9. The summed E-state index contributed by atoms with van der Waals surface area (Å²) < 4.78 is 15.2. The molecule has 1 rings (SSSR count). The summed E-state index contributed by atoms with van der Waals surface area (Å²) in [6.07, 6.45) is 0.190. The number of aryl methyl sites for hydroxylation is 1. The van der Waals surface area contributed by atoms with E-state index in [9.17, 15) is 10.1 Å². The molecule has 6 heteroatoms. The van der Waals surface area contributed by atoms with Crippen molar-refractivity contribution < 1.29 is 19.1 Å². The molecule has 100 valence electrons. The van der Waals surface area contributed by atoms with Crippen LogP contribution < -0.4 is 4.74 Å². The predicted octanol–water partition coefficient (Wildman–Crippen LogP) is 2.15. The van der Waals surface area contributed by atoms with Gasteiger partial charge in [0.25, 0.3) is 0 Å². The van der Waals surface area contributed by atoms with Gasteiger partial charge >= 0.3 is 5.69 Å². The molecule has 0 atom stereocenters. The van der Waals surface area contributed by atoms with E-state index in [-0.39, 0.29) is 18.0 Å². The molecule has 0 heterocycles. The first-order valence-corrected chi connectivity index (χ1v) is 5.58. The van der Waals surface area contributed by atoms with Crippen molar-refractivity contribution in [2.45, 2.75) is 19.6 Å². The van der Waals surface area contributed by atoms with Crippen LogP contribution in [0.1, 0.15) is 12.5 Å². The molecule has 0 radical (unpaired) electrons. The summed E-state index contributed by atoms with van der Waals surface area (Å²) in [6.45, 7) is 2.03. The first-order valence-electron chi connectivity index (χ1n) is 5.58. The summed E-state index contributed by atoms with van der Waals surface area (Å²) in [7, 11) is 2.96. The zero-order valence-electron chi connectivity index (χ0n) is 10.7. The van der Waals surface area contributed by atoms with Gasteiger partial charge in [0.1, 0.15) is 6.61 Å². The van der Waals surface area contributed by atoms with Crippen LogP contribution in [0, 0.1) is 10.1 Å². The van der Waals surface area contributed by atoms with Crippen LogP contribution in [0.5, 0.6) is 5.75 Å². The first-order chi connectivity index (χ1) is 8.62. The van der Waals surface area contributed by atoms with E-state index in [1.165, 1.54) is 20.3 Å². The minimum Gasteiger partial charge on any atom is -0.481 e. The monoisotopic (exact) mass is 255 g/mol. The van der Waals surface area contributed by atoms with Crippen molar-refractivity contribution in [2.24, 2.45) is 0 Å². The molecule has 0 spiro atoms. The van der Waals surface area contributed by atoms with Gasteiger partial charge in [-0.3, -0.25) is 10.1 Å². The van der Waals surface area contributed by atoms with Crippen molar-refractivity contribution >= 4 is 5.69 Å². The minimum absolute atomic E-state index is 0.0414. The Kier molecular flexibility index (Phi) is 5.54. The smallest absolute Gasteiger partial charge is 0.311 e. The highest BCUT2D eigenvalue weighted by Gasteiger charge is 2.17. The number of hydrogen-bond acceptors (Lipinski definition) is 5. The van der Waals surface area contributed by atoms with Gasteiger partial charge in [0.15, 0.2) is 12.0 Å². The van der Waals surface area contributed by atoms with E-state index >= 15 is 0 Å². The molecule has 0 unspecified atom stereocenters. The fourth-order valence-electron chi connectivity index (χ4n) is 1.44. The summed E-state index contributed by atoms with van der Waals surface area (Å²) in [5.41, 5.74) is 0.851. The molecule has 0 aromatic heterocycles. The third-order valence-corrected chi connectivity index (χ3v) is 2.53. The summed E-state index contributed by atoms with van der Waals surface area (Å²) in [6, 6.07) is 4.92. The summed E-state index contributed by atoms with van der Waals surface area (Å²) in [4.78, 5) is 10.5. The van der Waals surface area contributed by atoms with Gasteiger partial charge in [-0.1, -0.05) is 13.0 Å². The normalized spacial score (nSPS) is 10.7. The fourth-order valence-corrected chi connectivity index (χ4v) is 1.44. The zero-order chi connectivity index (χ0) is 13.5. The Labute approximate surface area is 106 Å². The highest BCUT2D eigenvalue weighted by Crippen LogP contribution is 2.28. The zero-order valence-corrected chi connectivity index (χ0v) is 10.7. The van der Waals surface area contributed by atoms with Crippen LogP contribution in [0.25, 0.3) is 0 Å². The van der Waals surface area contributed by atoms with Gasteiger partial charge in [-0.2, -0.15) is 0 Å². The Balaban J connectivity index is 2.84. The lowest BCUT2D eigenvalue weighted by molar-refractivity contribution is -0.386. The molecule has 0 N–H and O–H groups in total. The second kappa shape index (κ2) is 6.93. The molecule has 0 saturated heterocycles. The maximum atomic E-state index is 10.9. The first kappa shape index (κ1) is 14.4. The van der Waals surface area contributed by atoms with E-state index in [1.807, 2.05) is 6.92 Å². The van der Waals surface area contributed by atoms with Crippen molar-refractivity contribution in [1.29, 1.82) is 0 Å². The van der Waals surface area contributed by atoms with E-state index in [0.717, 1.165) is 12.0 Å². The van der Waals surface area contributed by atoms with Crippen molar-refractivity contribution in [2.75, 3.05) is 20.8 Å². The van der Waals surface area contributed by atoms with E-state index in [4.69, 9.17) is 14.2 Å². The molecule has 18 heavy (non-hydrogen) atoms. The Hall–Kier alpha value is -1.66. The van der Waals surface area contributed by atoms with E-state index < -0.39 is 11.2 Å². The van der Waals surface area contributed by atoms with Gasteiger partial charge in [0.2, 0.25) is 0 Å². The average molecular weight is 255 g/mol. The van der Waals surface area contributed by atoms with Crippen LogP contribution >= 0.6 is 0 Å². The Bertz CT molecular complexity index is 403. The lowest BCUT2D eigenvalue weighted by Gasteiger charge is -2.14. The predicted molar refractivity (Wildman–Crippen MR) is 65.8 cm³/mol. The van der Waals surface area contributed by atoms with Crippen LogP contribution in [0.2, 0.25) is 0 Å². The van der Waals surface area contributed by atoms with Crippen molar-refractivity contribution in [3.63, 3.8) is 0 Å². The molecule has 0 amide bonds. The van der Waals surface area contributed by atoms with E-state index in [2.05, 4.69) is 0 Å². The standard InChI is InChI=1S/C12H17NO5/c1-4-9-5-6-11(10(7-9)13(14)15)18-8-12(16-2)17-3/h5-7,12H,4,8H2,1-3H3. The number of ether oxygens (including phenoxy) is 3. The SMILES string of the molecule is CCc1ccc(OCC(OC)OC)c([N+](=O)[O-])c1. The van der Waals surface area contributed by atoms with Gasteiger partial charge in [0.05, 0.1) is 4.92 Å². The molecule has 0 aliphatic rings. The second-order valence-corrected chi connectivity index (χ2v) is 3.62. The molecule has 0 aliphatic carbocycles. The van der Waals surface area contributed by atoms with Crippen LogP contribution in [0.3, 0.4) is 0 Å². The Morgan fingerprint density at radius 2 is 2.00 bits per heavy atom. The third kappa shape index (κ3) is 3.68. The van der Waals surface area contributed by atoms with Gasteiger partial charge in [-0.05, 0) is 18.1 Å². The van der Waals surface area contributed by atoms with Crippen LogP contribution in [0.4, 0.5) is 5.69 Å². The lowest BCUT2D eigenvalue weighted by atomic mass is 10.1. The van der Waals surface area contributed by atoms with Crippen LogP contribution in [0.15, 0.2) is 18.2 Å². The quantitative estimate of drug-likeness (QED) is 0.424. The summed E-state index contributed by atoms with van der Waals surface area (Å²) in [5, 5.41) is 10.9. The minimum atomic E-state index is -0.546. The topological polar surface area (TPSA) is 70.8 Å². The third-order valence-electron chi connectivity index (χ3n) is 2.53. The van der Waals surface area contributed by atoms with Crippen LogP contribution in [-0.4, -0.2) is 32.0 Å². The number of nitro groups is 1. The molecular weight excluding hydrogens is 238 g/mol. The molecule has 0 saturated carbocycles. The lowest BCUT2D eigenvalue weighted by Crippen LogP contribution is -2.22. The number of benzene rings is 1. The average Bonchev–Trinajstić information content (AvgIpc) is 2.39. The highest BCUT2D eigenvalue weighted by molar-refractivity contribution is 5.48. The van der Waals surface area contributed by atoms with Gasteiger partial charge in [-0.25, -0.2) is 0 Å². The second-order valence-electron chi connectivity index (χ2n) is 3.62. The summed E-state index contributed by atoms with van der Waals surface area (Å²) >= 11 is 0. The maximum Gasteiger partial charge on any atom is 0.311 e. The van der Waals surface area contributed by atoms with E-state index in [1.54, 1.807) is 12.1 Å². The van der Waals surface area contributed by atoms with Gasteiger partial charge < -0.3 is 14.2 Å². The number of nitrogens with zero attached hydrogens (tertiary/aromatic N) is 1. The summed E-state index contributed by atoms with van der Waals surface area (Å²) in [5.74, 6) is 0.219. The van der Waals surface area contributed by atoms with Crippen molar-refractivity contribution in [1.82, 2.24) is 0 Å². The van der Waals surface area contributed by atoms with Crippen molar-refractivity contribution in [3.8, 4) is 5.75 Å². The largest absolute Gasteiger partial charge is 0.481 e. The van der Waals surface area contributed by atoms with Gasteiger partial charge in [0, 0.05) is 20.3 Å². The molecule has 0 fully saturated rings. The number of rotatable bonds is 7. The number of nitro benzene ring substituents is 1. The molecule has 1 aromatic carbocycles.